The summed E-state index contributed by atoms with van der Waals surface area (Å²) in [5, 5.41) is 2.74. The zero-order chi connectivity index (χ0) is 12.3. The number of nitrogens with one attached hydrogen (secondary N) is 1. The van der Waals surface area contributed by atoms with Gasteiger partial charge in [0.1, 0.15) is 5.52 Å². The molecule has 2 aromatic heterocycles. The monoisotopic (exact) mass is 230 g/mol. The summed E-state index contributed by atoms with van der Waals surface area (Å²) in [7, 11) is 0. The van der Waals surface area contributed by atoms with Crippen LogP contribution in [0.1, 0.15) is 19.8 Å². The van der Waals surface area contributed by atoms with Gasteiger partial charge in [-0.25, -0.2) is 0 Å². The highest BCUT2D eigenvalue weighted by Crippen LogP contribution is 2.24. The minimum atomic E-state index is -0.0590. The van der Waals surface area contributed by atoms with E-state index < -0.39 is 0 Å². The third-order valence-electron chi connectivity index (χ3n) is 2.42. The summed E-state index contributed by atoms with van der Waals surface area (Å²) in [5.41, 5.74) is 8.26. The molecule has 0 aliphatic carbocycles. The summed E-state index contributed by atoms with van der Waals surface area (Å²) in [4.78, 5) is 19.8. The molecule has 5 heteroatoms. The topological polar surface area (TPSA) is 80.9 Å². The number of carbonyl (C=O) groups excluding carboxylic acids is 1. The van der Waals surface area contributed by atoms with Gasteiger partial charge in [0.05, 0.1) is 23.1 Å². The summed E-state index contributed by atoms with van der Waals surface area (Å²) in [6.07, 6.45) is 4.48. The fourth-order valence-electron chi connectivity index (χ4n) is 1.58. The van der Waals surface area contributed by atoms with Crippen molar-refractivity contribution in [3.8, 4) is 0 Å². The predicted molar refractivity (Wildman–Crippen MR) is 67.5 cm³/mol. The van der Waals surface area contributed by atoms with E-state index in [9.17, 15) is 4.79 Å². The van der Waals surface area contributed by atoms with Gasteiger partial charge in [-0.1, -0.05) is 6.92 Å². The SMILES string of the molecule is CCCC(=O)Nc1cnc2cccnc2c1N. The molecule has 2 rings (SSSR count). The summed E-state index contributed by atoms with van der Waals surface area (Å²) in [6.45, 7) is 1.95. The number of nitrogen functional groups attached to an aromatic ring is 1. The van der Waals surface area contributed by atoms with Gasteiger partial charge >= 0.3 is 0 Å². The predicted octanol–water partition coefficient (Wildman–Crippen LogP) is 1.95. The Labute approximate surface area is 99.1 Å². The van der Waals surface area contributed by atoms with Gasteiger partial charge in [0.25, 0.3) is 0 Å². The van der Waals surface area contributed by atoms with Gasteiger partial charge in [0, 0.05) is 12.6 Å². The first-order valence-electron chi connectivity index (χ1n) is 5.51. The van der Waals surface area contributed by atoms with Crippen molar-refractivity contribution in [1.82, 2.24) is 9.97 Å². The molecule has 0 bridgehead atoms. The first-order valence-corrected chi connectivity index (χ1v) is 5.51. The zero-order valence-electron chi connectivity index (χ0n) is 9.60. The number of carbonyl (C=O) groups is 1. The molecule has 2 aromatic rings. The molecule has 0 radical (unpaired) electrons. The highest BCUT2D eigenvalue weighted by molar-refractivity contribution is 6.00. The quantitative estimate of drug-likeness (QED) is 0.844. The average molecular weight is 230 g/mol. The molecule has 0 aliphatic heterocycles. The van der Waals surface area contributed by atoms with Crippen LogP contribution in [0.25, 0.3) is 11.0 Å². The molecular weight excluding hydrogens is 216 g/mol. The highest BCUT2D eigenvalue weighted by atomic mass is 16.1. The molecule has 17 heavy (non-hydrogen) atoms. The first kappa shape index (κ1) is 11.3. The van der Waals surface area contributed by atoms with Crippen LogP contribution in [0.2, 0.25) is 0 Å². The average Bonchev–Trinajstić information content (AvgIpc) is 2.33. The molecule has 0 saturated carbocycles. The van der Waals surface area contributed by atoms with Crippen LogP contribution in [0.3, 0.4) is 0 Å². The molecule has 1 amide bonds. The van der Waals surface area contributed by atoms with Crippen LogP contribution in [0.15, 0.2) is 24.5 Å². The van der Waals surface area contributed by atoms with E-state index in [1.807, 2.05) is 13.0 Å². The minimum absolute atomic E-state index is 0.0590. The summed E-state index contributed by atoms with van der Waals surface area (Å²) in [5.74, 6) is -0.0590. The molecule has 2 heterocycles. The molecule has 5 nitrogen and oxygen atoms in total. The molecule has 0 aromatic carbocycles. The molecule has 0 saturated heterocycles. The second-order valence-corrected chi connectivity index (χ2v) is 3.75. The van der Waals surface area contributed by atoms with E-state index in [1.54, 1.807) is 18.5 Å². The smallest absolute Gasteiger partial charge is 0.224 e. The molecule has 0 unspecified atom stereocenters. The first-order chi connectivity index (χ1) is 8.22. The van der Waals surface area contributed by atoms with E-state index in [0.29, 0.717) is 23.3 Å². The van der Waals surface area contributed by atoms with Crippen LogP contribution in [0.5, 0.6) is 0 Å². The number of amides is 1. The minimum Gasteiger partial charge on any atom is -0.395 e. The fraction of sp³-hybridized carbons (Fsp3) is 0.250. The van der Waals surface area contributed by atoms with Gasteiger partial charge in [-0.2, -0.15) is 0 Å². The van der Waals surface area contributed by atoms with E-state index in [1.165, 1.54) is 0 Å². The molecule has 88 valence electrons. The number of hydrogen-bond acceptors (Lipinski definition) is 4. The van der Waals surface area contributed by atoms with Crippen molar-refractivity contribution in [2.75, 3.05) is 11.1 Å². The van der Waals surface area contributed by atoms with E-state index >= 15 is 0 Å². The number of nitrogens with two attached hydrogens (primary N) is 1. The lowest BCUT2D eigenvalue weighted by molar-refractivity contribution is -0.116. The highest BCUT2D eigenvalue weighted by Gasteiger charge is 2.08. The largest absolute Gasteiger partial charge is 0.395 e. The number of anilines is 2. The van der Waals surface area contributed by atoms with Crippen molar-refractivity contribution < 1.29 is 4.79 Å². The summed E-state index contributed by atoms with van der Waals surface area (Å²) < 4.78 is 0. The van der Waals surface area contributed by atoms with Crippen molar-refractivity contribution in [3.05, 3.63) is 24.5 Å². The van der Waals surface area contributed by atoms with Gasteiger partial charge in [-0.15, -0.1) is 0 Å². The number of hydrogen-bond donors (Lipinski definition) is 2. The van der Waals surface area contributed by atoms with E-state index in [0.717, 1.165) is 11.9 Å². The maximum Gasteiger partial charge on any atom is 0.224 e. The van der Waals surface area contributed by atoms with E-state index in [4.69, 9.17) is 5.73 Å². The number of aromatic nitrogens is 2. The maximum atomic E-state index is 11.5. The Balaban J connectivity index is 2.36. The van der Waals surface area contributed by atoms with Crippen LogP contribution >= 0.6 is 0 Å². The van der Waals surface area contributed by atoms with Gasteiger partial charge in [0.2, 0.25) is 5.91 Å². The Kier molecular flexibility index (Phi) is 3.18. The zero-order valence-corrected chi connectivity index (χ0v) is 9.60. The van der Waals surface area contributed by atoms with Gasteiger partial charge < -0.3 is 11.1 Å². The summed E-state index contributed by atoms with van der Waals surface area (Å²) >= 11 is 0. The Morgan fingerprint density at radius 2 is 2.29 bits per heavy atom. The Bertz CT molecular complexity index is 553. The lowest BCUT2D eigenvalue weighted by atomic mass is 10.2. The Hall–Kier alpha value is -2.17. The summed E-state index contributed by atoms with van der Waals surface area (Å²) in [6, 6.07) is 3.63. The van der Waals surface area contributed by atoms with Gasteiger partial charge in [-0.3, -0.25) is 14.8 Å². The van der Waals surface area contributed by atoms with Crippen molar-refractivity contribution in [2.24, 2.45) is 0 Å². The third-order valence-corrected chi connectivity index (χ3v) is 2.42. The lowest BCUT2D eigenvalue weighted by Crippen LogP contribution is -2.12. The van der Waals surface area contributed by atoms with E-state index in [-0.39, 0.29) is 5.91 Å². The van der Waals surface area contributed by atoms with Crippen molar-refractivity contribution in [2.45, 2.75) is 19.8 Å². The molecule has 0 atom stereocenters. The van der Waals surface area contributed by atoms with Crippen molar-refractivity contribution in [3.63, 3.8) is 0 Å². The van der Waals surface area contributed by atoms with Crippen LogP contribution in [0, 0.1) is 0 Å². The van der Waals surface area contributed by atoms with E-state index in [2.05, 4.69) is 15.3 Å². The van der Waals surface area contributed by atoms with Crippen LogP contribution < -0.4 is 11.1 Å². The molecule has 0 spiro atoms. The number of nitrogens with zero attached hydrogens (tertiary/aromatic N) is 2. The van der Waals surface area contributed by atoms with Crippen LogP contribution in [0.4, 0.5) is 11.4 Å². The van der Waals surface area contributed by atoms with Gasteiger partial charge in [-0.05, 0) is 18.6 Å². The normalized spacial score (nSPS) is 10.4. The van der Waals surface area contributed by atoms with Crippen LogP contribution in [-0.4, -0.2) is 15.9 Å². The Morgan fingerprint density at radius 1 is 1.47 bits per heavy atom. The second-order valence-electron chi connectivity index (χ2n) is 3.75. The lowest BCUT2D eigenvalue weighted by Gasteiger charge is -2.08. The Morgan fingerprint density at radius 3 is 3.06 bits per heavy atom. The molecule has 3 N–H and O–H groups in total. The van der Waals surface area contributed by atoms with Crippen molar-refractivity contribution in [1.29, 1.82) is 0 Å². The molecule has 0 aliphatic rings. The molecular formula is C12H14N4O. The number of rotatable bonds is 3. The number of fused-ring (bicyclic) bond motifs is 1. The van der Waals surface area contributed by atoms with Crippen molar-refractivity contribution >= 4 is 28.3 Å². The second kappa shape index (κ2) is 4.78. The van der Waals surface area contributed by atoms with Crippen LogP contribution in [-0.2, 0) is 4.79 Å². The van der Waals surface area contributed by atoms with Gasteiger partial charge in [0.15, 0.2) is 0 Å². The molecule has 0 fully saturated rings. The standard InChI is InChI=1S/C12H14N4O/c1-2-4-10(17)16-9-7-15-8-5-3-6-14-12(8)11(9)13/h3,5-7H,2,4H2,1H3,(H2,13,15)(H,16,17). The maximum absolute atomic E-state index is 11.5. The fourth-order valence-corrected chi connectivity index (χ4v) is 1.58. The number of pyridine rings is 2. The third kappa shape index (κ3) is 2.33.